The highest BCUT2D eigenvalue weighted by Gasteiger charge is 2.42. The Kier molecular flexibility index (Phi) is 4.60. The molecule has 4 unspecified atom stereocenters. The molecule has 1 rings (SSSR count). The number of halogens is 1. The molecule has 0 radical (unpaired) electrons. The molecular formula is C13H23IN2. The Labute approximate surface area is 113 Å². The lowest BCUT2D eigenvalue weighted by Gasteiger charge is -2.43. The van der Waals surface area contributed by atoms with E-state index in [1.165, 1.54) is 12.0 Å². The van der Waals surface area contributed by atoms with E-state index in [4.69, 9.17) is 11.5 Å². The average Bonchev–Trinajstić information content (AvgIpc) is 2.24. The minimum absolute atomic E-state index is 0.00949. The molecular weight excluding hydrogens is 311 g/mol. The van der Waals surface area contributed by atoms with Crippen LogP contribution in [0.25, 0.3) is 0 Å². The van der Waals surface area contributed by atoms with E-state index in [2.05, 4.69) is 56.0 Å². The molecule has 0 saturated carbocycles. The molecule has 0 amide bonds. The average molecular weight is 334 g/mol. The van der Waals surface area contributed by atoms with Gasteiger partial charge in [-0.1, -0.05) is 61.1 Å². The van der Waals surface area contributed by atoms with E-state index in [0.717, 1.165) is 12.0 Å². The van der Waals surface area contributed by atoms with Crippen LogP contribution in [0.2, 0.25) is 0 Å². The summed E-state index contributed by atoms with van der Waals surface area (Å²) in [5, 5.41) is 0. The summed E-state index contributed by atoms with van der Waals surface area (Å²) in [4.78, 5) is 0. The van der Waals surface area contributed by atoms with Gasteiger partial charge in [-0.05, 0) is 24.8 Å². The number of nitrogens with two attached hydrogens (primary N) is 2. The van der Waals surface area contributed by atoms with Gasteiger partial charge in [0.05, 0.1) is 3.42 Å². The largest absolute Gasteiger partial charge is 0.323 e. The molecule has 2 nitrogen and oxygen atoms in total. The molecule has 0 spiro atoms. The standard InChI is InChI=1S/C13H23IN2/c1-5-8(2)6-9(3)12(16)10-7-11(15)13(10,4)14/h7-8,11-12H,3,5-6,15-16H2,1-2,4H3. The Morgan fingerprint density at radius 3 is 2.62 bits per heavy atom. The van der Waals surface area contributed by atoms with Crippen LogP contribution in [0.15, 0.2) is 23.8 Å². The minimum atomic E-state index is -0.0179. The maximum absolute atomic E-state index is 6.24. The van der Waals surface area contributed by atoms with Gasteiger partial charge in [-0.3, -0.25) is 0 Å². The fraction of sp³-hybridized carbons (Fsp3) is 0.692. The van der Waals surface area contributed by atoms with Crippen LogP contribution in [0, 0.1) is 5.92 Å². The zero-order valence-corrected chi connectivity index (χ0v) is 12.6. The van der Waals surface area contributed by atoms with Gasteiger partial charge in [0.2, 0.25) is 0 Å². The van der Waals surface area contributed by atoms with Crippen LogP contribution in [0.1, 0.15) is 33.6 Å². The van der Waals surface area contributed by atoms with E-state index in [1.807, 2.05) is 0 Å². The number of hydrogen-bond acceptors (Lipinski definition) is 2. The van der Waals surface area contributed by atoms with Crippen LogP contribution < -0.4 is 11.5 Å². The molecule has 1 aliphatic rings. The van der Waals surface area contributed by atoms with Crippen molar-refractivity contribution in [2.45, 2.75) is 49.1 Å². The van der Waals surface area contributed by atoms with Crippen molar-refractivity contribution in [1.29, 1.82) is 0 Å². The van der Waals surface area contributed by atoms with Crippen molar-refractivity contribution < 1.29 is 0 Å². The topological polar surface area (TPSA) is 52.0 Å². The van der Waals surface area contributed by atoms with Crippen LogP contribution in [-0.4, -0.2) is 15.5 Å². The van der Waals surface area contributed by atoms with Gasteiger partial charge in [0.25, 0.3) is 0 Å². The first kappa shape index (κ1) is 14.2. The van der Waals surface area contributed by atoms with Crippen molar-refractivity contribution in [2.75, 3.05) is 0 Å². The first-order chi connectivity index (χ1) is 7.30. The molecule has 16 heavy (non-hydrogen) atoms. The molecule has 4 atom stereocenters. The lowest BCUT2D eigenvalue weighted by Crippen LogP contribution is -2.54. The molecule has 92 valence electrons. The maximum atomic E-state index is 6.24. The zero-order valence-electron chi connectivity index (χ0n) is 10.5. The molecule has 0 aromatic carbocycles. The maximum Gasteiger partial charge on any atom is 0.0607 e. The molecule has 0 aliphatic heterocycles. The van der Waals surface area contributed by atoms with Gasteiger partial charge in [-0.2, -0.15) is 0 Å². The summed E-state index contributed by atoms with van der Waals surface area (Å²) in [6, 6.07) is 0.112. The summed E-state index contributed by atoms with van der Waals surface area (Å²) in [7, 11) is 0. The van der Waals surface area contributed by atoms with Crippen LogP contribution in [0.4, 0.5) is 0 Å². The number of rotatable bonds is 5. The smallest absolute Gasteiger partial charge is 0.0607 e. The Bertz CT molecular complexity index is 307. The Morgan fingerprint density at radius 2 is 2.25 bits per heavy atom. The second-order valence-electron chi connectivity index (χ2n) is 5.08. The van der Waals surface area contributed by atoms with Crippen molar-refractivity contribution in [1.82, 2.24) is 0 Å². The van der Waals surface area contributed by atoms with Gasteiger partial charge >= 0.3 is 0 Å². The first-order valence-electron chi connectivity index (χ1n) is 5.90. The first-order valence-corrected chi connectivity index (χ1v) is 6.98. The number of hydrogen-bond donors (Lipinski definition) is 2. The van der Waals surface area contributed by atoms with E-state index in [9.17, 15) is 0 Å². The highest BCUT2D eigenvalue weighted by atomic mass is 127. The van der Waals surface area contributed by atoms with Crippen LogP contribution in [0.5, 0.6) is 0 Å². The molecule has 0 heterocycles. The summed E-state index contributed by atoms with van der Waals surface area (Å²) in [5.41, 5.74) is 14.6. The van der Waals surface area contributed by atoms with E-state index >= 15 is 0 Å². The minimum Gasteiger partial charge on any atom is -0.323 e. The molecule has 0 fully saturated rings. The normalized spacial score (nSPS) is 32.6. The molecule has 3 heteroatoms. The van der Waals surface area contributed by atoms with E-state index in [-0.39, 0.29) is 15.5 Å². The number of alkyl halides is 1. The van der Waals surface area contributed by atoms with Gasteiger partial charge < -0.3 is 11.5 Å². The lowest BCUT2D eigenvalue weighted by atomic mass is 9.75. The van der Waals surface area contributed by atoms with E-state index in [0.29, 0.717) is 5.92 Å². The second-order valence-corrected chi connectivity index (χ2v) is 7.32. The quantitative estimate of drug-likeness (QED) is 0.461. The fourth-order valence-corrected chi connectivity index (χ4v) is 2.65. The summed E-state index contributed by atoms with van der Waals surface area (Å²) in [6.07, 6.45) is 4.27. The van der Waals surface area contributed by atoms with E-state index < -0.39 is 0 Å². The van der Waals surface area contributed by atoms with Gasteiger partial charge in [0, 0.05) is 12.1 Å². The van der Waals surface area contributed by atoms with E-state index in [1.54, 1.807) is 0 Å². The third kappa shape index (κ3) is 2.68. The van der Waals surface area contributed by atoms with Crippen LogP contribution in [0.3, 0.4) is 0 Å². The van der Waals surface area contributed by atoms with Crippen molar-refractivity contribution in [3.05, 3.63) is 23.8 Å². The van der Waals surface area contributed by atoms with Crippen molar-refractivity contribution in [3.8, 4) is 0 Å². The Hall–Kier alpha value is 0.130. The van der Waals surface area contributed by atoms with Gasteiger partial charge in [-0.25, -0.2) is 0 Å². The molecule has 0 saturated heterocycles. The zero-order chi connectivity index (χ0) is 12.5. The summed E-state index contributed by atoms with van der Waals surface area (Å²) >= 11 is 2.39. The molecule has 0 aromatic heterocycles. The monoisotopic (exact) mass is 334 g/mol. The SMILES string of the molecule is C=C(CC(C)CC)C(N)C1=CC(N)C1(C)I. The molecule has 0 bridgehead atoms. The Morgan fingerprint density at radius 1 is 1.69 bits per heavy atom. The summed E-state index contributed by atoms with van der Waals surface area (Å²) in [6.45, 7) is 10.7. The van der Waals surface area contributed by atoms with Crippen LogP contribution >= 0.6 is 22.6 Å². The molecule has 1 aliphatic carbocycles. The highest BCUT2D eigenvalue weighted by molar-refractivity contribution is 14.1. The van der Waals surface area contributed by atoms with Crippen molar-refractivity contribution in [2.24, 2.45) is 17.4 Å². The molecule has 4 N–H and O–H groups in total. The third-order valence-electron chi connectivity index (χ3n) is 3.63. The third-order valence-corrected chi connectivity index (χ3v) is 4.97. The molecule has 0 aromatic rings. The van der Waals surface area contributed by atoms with Crippen LogP contribution in [-0.2, 0) is 0 Å². The summed E-state index contributed by atoms with van der Waals surface area (Å²) < 4.78 is 0.00949. The lowest BCUT2D eigenvalue weighted by molar-refractivity contribution is 0.518. The highest BCUT2D eigenvalue weighted by Crippen LogP contribution is 2.42. The Balaban J connectivity index is 2.63. The predicted molar refractivity (Wildman–Crippen MR) is 79.7 cm³/mol. The fourth-order valence-electron chi connectivity index (χ4n) is 1.96. The van der Waals surface area contributed by atoms with Crippen molar-refractivity contribution in [3.63, 3.8) is 0 Å². The summed E-state index contributed by atoms with van der Waals surface area (Å²) in [5.74, 6) is 0.661. The van der Waals surface area contributed by atoms with Crippen molar-refractivity contribution >= 4 is 22.6 Å². The second kappa shape index (κ2) is 5.19. The predicted octanol–water partition coefficient (Wildman–Crippen LogP) is 2.77. The van der Waals surface area contributed by atoms with Gasteiger partial charge in [0.1, 0.15) is 0 Å². The van der Waals surface area contributed by atoms with Gasteiger partial charge in [0.15, 0.2) is 0 Å². The van der Waals surface area contributed by atoms with Gasteiger partial charge in [-0.15, -0.1) is 0 Å².